The third kappa shape index (κ3) is 3.16. The maximum atomic E-state index is 12.6. The molecule has 0 aliphatic rings. The van der Waals surface area contributed by atoms with Gasteiger partial charge in [-0.3, -0.25) is 10.1 Å². The minimum absolute atomic E-state index is 0.305. The highest BCUT2D eigenvalue weighted by molar-refractivity contribution is 9.10. The van der Waals surface area contributed by atoms with E-state index in [1.807, 2.05) is 24.3 Å². The van der Waals surface area contributed by atoms with Crippen LogP contribution in [0.2, 0.25) is 0 Å². The van der Waals surface area contributed by atoms with Gasteiger partial charge in [-0.25, -0.2) is 4.98 Å². The molecule has 0 bridgehead atoms. The topological polar surface area (TPSA) is 60.5 Å². The van der Waals surface area contributed by atoms with Gasteiger partial charge in [-0.05, 0) is 40.2 Å². The zero-order valence-electron chi connectivity index (χ0n) is 12.4. The molecule has 0 spiro atoms. The summed E-state index contributed by atoms with van der Waals surface area (Å²) in [5.74, 6) is 0.706. The lowest BCUT2D eigenvalue weighted by atomic mass is 10.1. The monoisotopic (exact) mass is 392 g/mol. The van der Waals surface area contributed by atoms with Crippen molar-refractivity contribution in [3.05, 3.63) is 46.4 Å². The Morgan fingerprint density at radius 3 is 2.70 bits per heavy atom. The Kier molecular flexibility index (Phi) is 4.49. The molecule has 118 valence electrons. The Balaban J connectivity index is 1.95. The van der Waals surface area contributed by atoms with Crippen LogP contribution in [-0.4, -0.2) is 25.1 Å². The van der Waals surface area contributed by atoms with E-state index in [1.54, 1.807) is 19.2 Å². The second-order valence-corrected chi connectivity index (χ2v) is 6.52. The summed E-state index contributed by atoms with van der Waals surface area (Å²) in [6.45, 7) is 0. The van der Waals surface area contributed by atoms with Crippen molar-refractivity contribution in [2.24, 2.45) is 0 Å². The molecule has 2 aromatic carbocycles. The first kappa shape index (κ1) is 15.8. The van der Waals surface area contributed by atoms with E-state index in [-0.39, 0.29) is 5.91 Å². The standard InChI is InChI=1S/C16H13BrN2O3S/c1-21-9-7-10(14(22-2)11(17)8-9)15(20)19-16-18-12-5-3-4-6-13(12)23-16/h3-8H,1-2H3,(H,18,19,20). The number of hydrogen-bond acceptors (Lipinski definition) is 5. The number of fused-ring (bicyclic) bond motifs is 1. The molecule has 0 saturated heterocycles. The van der Waals surface area contributed by atoms with Gasteiger partial charge >= 0.3 is 0 Å². The van der Waals surface area contributed by atoms with Crippen LogP contribution in [0.1, 0.15) is 10.4 Å². The zero-order valence-corrected chi connectivity index (χ0v) is 14.8. The van der Waals surface area contributed by atoms with E-state index in [2.05, 4.69) is 26.2 Å². The van der Waals surface area contributed by atoms with E-state index >= 15 is 0 Å². The van der Waals surface area contributed by atoms with Crippen molar-refractivity contribution in [3.63, 3.8) is 0 Å². The van der Waals surface area contributed by atoms with Crippen molar-refractivity contribution in [1.29, 1.82) is 0 Å². The van der Waals surface area contributed by atoms with Crippen LogP contribution in [0.4, 0.5) is 5.13 Å². The van der Waals surface area contributed by atoms with E-state index in [0.717, 1.165) is 10.2 Å². The molecule has 0 aliphatic heterocycles. The first-order valence-electron chi connectivity index (χ1n) is 6.71. The zero-order chi connectivity index (χ0) is 16.4. The Bertz CT molecular complexity index is 846. The molecule has 5 nitrogen and oxygen atoms in total. The fourth-order valence-electron chi connectivity index (χ4n) is 2.15. The number of halogens is 1. The lowest BCUT2D eigenvalue weighted by molar-refractivity contribution is 0.102. The Labute approximate surface area is 145 Å². The van der Waals surface area contributed by atoms with E-state index in [0.29, 0.717) is 26.7 Å². The molecule has 0 fully saturated rings. The molecule has 7 heteroatoms. The second-order valence-electron chi connectivity index (χ2n) is 4.63. The average molecular weight is 393 g/mol. The van der Waals surface area contributed by atoms with Crippen molar-refractivity contribution in [2.75, 3.05) is 19.5 Å². The van der Waals surface area contributed by atoms with Crippen molar-refractivity contribution < 1.29 is 14.3 Å². The van der Waals surface area contributed by atoms with Crippen LogP contribution in [-0.2, 0) is 0 Å². The summed E-state index contributed by atoms with van der Waals surface area (Å²) in [7, 11) is 3.06. The number of anilines is 1. The molecule has 0 unspecified atom stereocenters. The van der Waals surface area contributed by atoms with Gasteiger partial charge in [0.15, 0.2) is 5.13 Å². The third-order valence-electron chi connectivity index (χ3n) is 3.22. The maximum Gasteiger partial charge on any atom is 0.261 e. The van der Waals surface area contributed by atoms with Gasteiger partial charge in [0.2, 0.25) is 0 Å². The highest BCUT2D eigenvalue weighted by Gasteiger charge is 2.18. The molecule has 1 aromatic heterocycles. The number of carbonyl (C=O) groups excluding carboxylic acids is 1. The van der Waals surface area contributed by atoms with Crippen molar-refractivity contribution in [2.45, 2.75) is 0 Å². The van der Waals surface area contributed by atoms with Gasteiger partial charge < -0.3 is 9.47 Å². The molecule has 0 atom stereocenters. The van der Waals surface area contributed by atoms with Crippen LogP contribution in [0.25, 0.3) is 10.2 Å². The SMILES string of the molecule is COc1cc(Br)c(OC)c(C(=O)Nc2nc3ccccc3s2)c1. The van der Waals surface area contributed by atoms with Gasteiger partial charge in [0.25, 0.3) is 5.91 Å². The first-order valence-corrected chi connectivity index (χ1v) is 8.31. The number of nitrogens with one attached hydrogen (secondary N) is 1. The summed E-state index contributed by atoms with van der Waals surface area (Å²) in [4.78, 5) is 17.0. The summed E-state index contributed by atoms with van der Waals surface area (Å²) in [6.07, 6.45) is 0. The number of nitrogens with zero attached hydrogens (tertiary/aromatic N) is 1. The molecule has 1 amide bonds. The number of thiazole rings is 1. The summed E-state index contributed by atoms with van der Waals surface area (Å²) in [6, 6.07) is 11.1. The predicted molar refractivity (Wildman–Crippen MR) is 94.8 cm³/mol. The van der Waals surface area contributed by atoms with Gasteiger partial charge in [-0.15, -0.1) is 0 Å². The van der Waals surface area contributed by atoms with Crippen LogP contribution >= 0.6 is 27.3 Å². The van der Waals surface area contributed by atoms with Gasteiger partial charge in [0, 0.05) is 0 Å². The number of hydrogen-bond donors (Lipinski definition) is 1. The highest BCUT2D eigenvalue weighted by atomic mass is 79.9. The number of benzene rings is 2. The molecular formula is C16H13BrN2O3S. The molecule has 0 saturated carbocycles. The second kappa shape index (κ2) is 6.55. The van der Waals surface area contributed by atoms with Crippen molar-refractivity contribution in [1.82, 2.24) is 4.98 Å². The molecular weight excluding hydrogens is 380 g/mol. The Hall–Kier alpha value is -2.12. The minimum Gasteiger partial charge on any atom is -0.497 e. The largest absolute Gasteiger partial charge is 0.497 e. The quantitative estimate of drug-likeness (QED) is 0.717. The summed E-state index contributed by atoms with van der Waals surface area (Å²) in [5, 5.41) is 3.35. The maximum absolute atomic E-state index is 12.6. The summed E-state index contributed by atoms with van der Waals surface area (Å²) in [5.41, 5.74) is 1.23. The Morgan fingerprint density at radius 2 is 2.00 bits per heavy atom. The van der Waals surface area contributed by atoms with Crippen LogP contribution in [0.5, 0.6) is 11.5 Å². The molecule has 1 heterocycles. The van der Waals surface area contributed by atoms with E-state index in [1.165, 1.54) is 18.4 Å². The number of para-hydroxylation sites is 1. The molecule has 3 rings (SSSR count). The Morgan fingerprint density at radius 1 is 1.22 bits per heavy atom. The summed E-state index contributed by atoms with van der Waals surface area (Å²) >= 11 is 4.80. The molecule has 3 aromatic rings. The van der Waals surface area contributed by atoms with Crippen LogP contribution in [0.15, 0.2) is 40.9 Å². The average Bonchev–Trinajstić information content (AvgIpc) is 2.96. The fourth-order valence-corrected chi connectivity index (χ4v) is 3.61. The highest BCUT2D eigenvalue weighted by Crippen LogP contribution is 2.34. The summed E-state index contributed by atoms with van der Waals surface area (Å²) < 4.78 is 12.2. The molecule has 0 aliphatic carbocycles. The van der Waals surface area contributed by atoms with Gasteiger partial charge in [-0.1, -0.05) is 23.5 Å². The van der Waals surface area contributed by atoms with Crippen molar-refractivity contribution in [3.8, 4) is 11.5 Å². The number of ether oxygens (including phenoxy) is 2. The number of amides is 1. The van der Waals surface area contributed by atoms with E-state index in [9.17, 15) is 4.79 Å². The van der Waals surface area contributed by atoms with Crippen LogP contribution in [0.3, 0.4) is 0 Å². The smallest absolute Gasteiger partial charge is 0.261 e. The van der Waals surface area contributed by atoms with Crippen LogP contribution < -0.4 is 14.8 Å². The fraction of sp³-hybridized carbons (Fsp3) is 0.125. The van der Waals surface area contributed by atoms with Crippen LogP contribution in [0, 0.1) is 0 Å². The van der Waals surface area contributed by atoms with E-state index < -0.39 is 0 Å². The molecule has 0 radical (unpaired) electrons. The number of carbonyl (C=O) groups is 1. The van der Waals surface area contributed by atoms with Gasteiger partial charge in [0.05, 0.1) is 34.5 Å². The predicted octanol–water partition coefficient (Wildman–Crippen LogP) is 4.33. The number of aromatic nitrogens is 1. The first-order chi connectivity index (χ1) is 11.1. The lowest BCUT2D eigenvalue weighted by Gasteiger charge is -2.12. The number of rotatable bonds is 4. The lowest BCUT2D eigenvalue weighted by Crippen LogP contribution is -2.13. The van der Waals surface area contributed by atoms with Gasteiger partial charge in [-0.2, -0.15) is 0 Å². The molecule has 23 heavy (non-hydrogen) atoms. The van der Waals surface area contributed by atoms with Crippen molar-refractivity contribution >= 4 is 48.5 Å². The minimum atomic E-state index is -0.305. The van der Waals surface area contributed by atoms with E-state index in [4.69, 9.17) is 9.47 Å². The normalized spacial score (nSPS) is 10.6. The number of methoxy groups -OCH3 is 2. The van der Waals surface area contributed by atoms with Gasteiger partial charge in [0.1, 0.15) is 11.5 Å². The third-order valence-corrected chi connectivity index (χ3v) is 4.76. The molecule has 1 N–H and O–H groups in total.